The molecular formula is C14H18ClNO3. The molecule has 1 atom stereocenters. The van der Waals surface area contributed by atoms with Crippen molar-refractivity contribution in [3.8, 4) is 5.75 Å². The number of halogens is 1. The number of hydrogen-bond donors (Lipinski definition) is 1. The number of carbonyl (C=O) groups is 1. The van der Waals surface area contributed by atoms with Gasteiger partial charge in [0.25, 0.3) is 0 Å². The molecule has 1 aromatic carbocycles. The monoisotopic (exact) mass is 283 g/mol. The molecule has 0 saturated carbocycles. The summed E-state index contributed by atoms with van der Waals surface area (Å²) in [6.45, 7) is 1.37. The lowest BCUT2D eigenvalue weighted by Crippen LogP contribution is -2.32. The van der Waals surface area contributed by atoms with Gasteiger partial charge in [-0.05, 0) is 31.0 Å². The molecule has 0 spiro atoms. The third kappa shape index (κ3) is 4.11. The maximum Gasteiger partial charge on any atom is 0.224 e. The standard InChI is InChI=1S/C14H18ClNO3/c1-18-13-5-4-11(15)7-10(13)8-14(17)16-9-12-3-2-6-19-12/h4-5,7,12H,2-3,6,8-9H2,1H3,(H,16,17). The maximum atomic E-state index is 11.9. The SMILES string of the molecule is COc1ccc(Cl)cc1CC(=O)NCC1CCCO1. The summed E-state index contributed by atoms with van der Waals surface area (Å²) < 4.78 is 10.7. The second-order valence-electron chi connectivity index (χ2n) is 4.57. The molecule has 0 radical (unpaired) electrons. The first kappa shape index (κ1) is 14.2. The lowest BCUT2D eigenvalue weighted by Gasteiger charge is -2.12. The maximum absolute atomic E-state index is 11.9. The van der Waals surface area contributed by atoms with Crippen molar-refractivity contribution >= 4 is 17.5 Å². The van der Waals surface area contributed by atoms with Crippen LogP contribution in [0.25, 0.3) is 0 Å². The van der Waals surface area contributed by atoms with Crippen LogP contribution in [0.15, 0.2) is 18.2 Å². The minimum atomic E-state index is -0.0453. The molecule has 1 aliphatic heterocycles. The first-order chi connectivity index (χ1) is 9.19. The summed E-state index contributed by atoms with van der Waals surface area (Å²) in [5, 5.41) is 3.48. The average molecular weight is 284 g/mol. The quantitative estimate of drug-likeness (QED) is 0.901. The van der Waals surface area contributed by atoms with E-state index in [-0.39, 0.29) is 18.4 Å². The van der Waals surface area contributed by atoms with Gasteiger partial charge in [-0.25, -0.2) is 0 Å². The van der Waals surface area contributed by atoms with Gasteiger partial charge in [-0.1, -0.05) is 11.6 Å². The van der Waals surface area contributed by atoms with Gasteiger partial charge in [-0.3, -0.25) is 4.79 Å². The van der Waals surface area contributed by atoms with E-state index >= 15 is 0 Å². The summed E-state index contributed by atoms with van der Waals surface area (Å²) in [4.78, 5) is 11.9. The third-order valence-electron chi connectivity index (χ3n) is 3.14. The molecule has 1 N–H and O–H groups in total. The Morgan fingerprint density at radius 2 is 2.42 bits per heavy atom. The zero-order valence-electron chi connectivity index (χ0n) is 10.9. The number of amides is 1. The van der Waals surface area contributed by atoms with Gasteiger partial charge in [0.15, 0.2) is 0 Å². The molecule has 1 aliphatic rings. The van der Waals surface area contributed by atoms with Crippen molar-refractivity contribution < 1.29 is 14.3 Å². The van der Waals surface area contributed by atoms with Gasteiger partial charge in [0.2, 0.25) is 5.91 Å². The molecule has 0 aromatic heterocycles. The van der Waals surface area contributed by atoms with Crippen molar-refractivity contribution in [2.24, 2.45) is 0 Å². The van der Waals surface area contributed by atoms with Crippen molar-refractivity contribution in [3.05, 3.63) is 28.8 Å². The Balaban J connectivity index is 1.88. The predicted molar refractivity (Wildman–Crippen MR) is 73.7 cm³/mol. The van der Waals surface area contributed by atoms with E-state index in [1.54, 1.807) is 25.3 Å². The van der Waals surface area contributed by atoms with Crippen LogP contribution < -0.4 is 10.1 Å². The highest BCUT2D eigenvalue weighted by Crippen LogP contribution is 2.23. The Labute approximate surface area is 118 Å². The first-order valence-corrected chi connectivity index (χ1v) is 6.77. The van der Waals surface area contributed by atoms with Crippen LogP contribution in [0.3, 0.4) is 0 Å². The number of nitrogens with one attached hydrogen (secondary N) is 1. The first-order valence-electron chi connectivity index (χ1n) is 6.40. The molecule has 1 saturated heterocycles. The number of ether oxygens (including phenoxy) is 2. The Kier molecular flexibility index (Phi) is 5.05. The van der Waals surface area contributed by atoms with E-state index in [1.165, 1.54) is 0 Å². The lowest BCUT2D eigenvalue weighted by atomic mass is 10.1. The van der Waals surface area contributed by atoms with Crippen LogP contribution in [0.4, 0.5) is 0 Å². The molecule has 0 bridgehead atoms. The summed E-state index contributed by atoms with van der Waals surface area (Å²) in [7, 11) is 1.58. The zero-order valence-corrected chi connectivity index (χ0v) is 11.7. The Bertz CT molecular complexity index is 444. The minimum Gasteiger partial charge on any atom is -0.496 e. The molecule has 19 heavy (non-hydrogen) atoms. The molecule has 1 heterocycles. The molecule has 0 aliphatic carbocycles. The van der Waals surface area contributed by atoms with Gasteiger partial charge in [-0.2, -0.15) is 0 Å². The van der Waals surface area contributed by atoms with E-state index < -0.39 is 0 Å². The molecule has 4 nitrogen and oxygen atoms in total. The van der Waals surface area contributed by atoms with Crippen molar-refractivity contribution in [1.82, 2.24) is 5.32 Å². The van der Waals surface area contributed by atoms with E-state index in [4.69, 9.17) is 21.1 Å². The molecule has 5 heteroatoms. The fourth-order valence-corrected chi connectivity index (χ4v) is 2.35. The second-order valence-corrected chi connectivity index (χ2v) is 5.01. The van der Waals surface area contributed by atoms with Gasteiger partial charge >= 0.3 is 0 Å². The molecule has 1 amide bonds. The van der Waals surface area contributed by atoms with Crippen LogP contribution in [0.5, 0.6) is 5.75 Å². The van der Waals surface area contributed by atoms with Crippen LogP contribution in [0.2, 0.25) is 5.02 Å². The Hall–Kier alpha value is -1.26. The van der Waals surface area contributed by atoms with Crippen molar-refractivity contribution in [2.75, 3.05) is 20.3 Å². The van der Waals surface area contributed by atoms with Crippen LogP contribution in [0.1, 0.15) is 18.4 Å². The van der Waals surface area contributed by atoms with Crippen LogP contribution >= 0.6 is 11.6 Å². The smallest absolute Gasteiger partial charge is 0.224 e. The fourth-order valence-electron chi connectivity index (χ4n) is 2.15. The van der Waals surface area contributed by atoms with Gasteiger partial charge in [0.05, 0.1) is 19.6 Å². The number of hydrogen-bond acceptors (Lipinski definition) is 3. The lowest BCUT2D eigenvalue weighted by molar-refractivity contribution is -0.120. The van der Waals surface area contributed by atoms with Gasteiger partial charge in [0, 0.05) is 23.7 Å². The normalized spacial score (nSPS) is 18.3. The van der Waals surface area contributed by atoms with Gasteiger partial charge < -0.3 is 14.8 Å². The predicted octanol–water partition coefficient (Wildman–Crippen LogP) is 2.19. The topological polar surface area (TPSA) is 47.6 Å². The van der Waals surface area contributed by atoms with Crippen molar-refractivity contribution in [3.63, 3.8) is 0 Å². The fraction of sp³-hybridized carbons (Fsp3) is 0.500. The Morgan fingerprint density at radius 3 is 3.11 bits per heavy atom. The summed E-state index contributed by atoms with van der Waals surface area (Å²) in [5.41, 5.74) is 0.792. The summed E-state index contributed by atoms with van der Waals surface area (Å²) in [6, 6.07) is 5.27. The van der Waals surface area contributed by atoms with Crippen LogP contribution in [0, 0.1) is 0 Å². The largest absolute Gasteiger partial charge is 0.496 e. The Morgan fingerprint density at radius 1 is 1.58 bits per heavy atom. The van der Waals surface area contributed by atoms with E-state index in [2.05, 4.69) is 5.32 Å². The molecule has 104 valence electrons. The zero-order chi connectivity index (χ0) is 13.7. The van der Waals surface area contributed by atoms with E-state index in [1.807, 2.05) is 0 Å². The van der Waals surface area contributed by atoms with E-state index in [0.717, 1.165) is 25.0 Å². The van der Waals surface area contributed by atoms with Gasteiger partial charge in [-0.15, -0.1) is 0 Å². The van der Waals surface area contributed by atoms with Crippen molar-refractivity contribution in [2.45, 2.75) is 25.4 Å². The second kappa shape index (κ2) is 6.78. The third-order valence-corrected chi connectivity index (χ3v) is 3.38. The molecule has 2 rings (SSSR count). The van der Waals surface area contributed by atoms with Gasteiger partial charge in [0.1, 0.15) is 5.75 Å². The average Bonchev–Trinajstić information content (AvgIpc) is 2.90. The molecular weight excluding hydrogens is 266 g/mol. The highest BCUT2D eigenvalue weighted by Gasteiger charge is 2.16. The highest BCUT2D eigenvalue weighted by atomic mass is 35.5. The highest BCUT2D eigenvalue weighted by molar-refractivity contribution is 6.30. The molecule has 1 fully saturated rings. The number of benzene rings is 1. The minimum absolute atomic E-state index is 0.0453. The van der Waals surface area contributed by atoms with Crippen LogP contribution in [-0.2, 0) is 16.0 Å². The molecule has 1 aromatic rings. The molecule has 1 unspecified atom stereocenters. The summed E-state index contributed by atoms with van der Waals surface area (Å²) in [6.07, 6.45) is 2.50. The number of rotatable bonds is 5. The van der Waals surface area contributed by atoms with E-state index in [0.29, 0.717) is 17.3 Å². The van der Waals surface area contributed by atoms with Crippen molar-refractivity contribution in [1.29, 1.82) is 0 Å². The number of carbonyl (C=O) groups excluding carboxylic acids is 1. The van der Waals surface area contributed by atoms with Crippen LogP contribution in [-0.4, -0.2) is 32.3 Å². The van der Waals surface area contributed by atoms with E-state index in [9.17, 15) is 4.79 Å². The summed E-state index contributed by atoms with van der Waals surface area (Å²) >= 11 is 5.93. The number of methoxy groups -OCH3 is 1. The summed E-state index contributed by atoms with van der Waals surface area (Å²) in [5.74, 6) is 0.632.